The van der Waals surface area contributed by atoms with Crippen LogP contribution in [0.3, 0.4) is 0 Å². The average molecular weight is 504 g/mol. The number of hydrogen-bond acceptors (Lipinski definition) is 8. The molecule has 1 atom stereocenters. The van der Waals surface area contributed by atoms with Gasteiger partial charge in [0.05, 0.1) is 11.9 Å². The van der Waals surface area contributed by atoms with E-state index in [4.69, 9.17) is 19.9 Å². The molecular formula is C22H19F2N4O6P. The van der Waals surface area contributed by atoms with E-state index in [1.54, 1.807) is 36.5 Å². The molecule has 0 saturated heterocycles. The van der Waals surface area contributed by atoms with Crippen molar-refractivity contribution in [1.29, 1.82) is 0 Å². The number of nitrogens with two attached hydrogens (primary N) is 1. The lowest BCUT2D eigenvalue weighted by atomic mass is 10.1. The molecule has 0 aliphatic rings. The monoisotopic (exact) mass is 504 g/mol. The highest BCUT2D eigenvalue weighted by Crippen LogP contribution is 2.30. The maximum absolute atomic E-state index is 13.3. The lowest BCUT2D eigenvalue weighted by Crippen LogP contribution is -2.38. The summed E-state index contributed by atoms with van der Waals surface area (Å²) < 4.78 is 53.9. The predicted octanol–water partition coefficient (Wildman–Crippen LogP) is 2.49. The van der Waals surface area contributed by atoms with Gasteiger partial charge in [0.2, 0.25) is 5.88 Å². The molecule has 0 bridgehead atoms. The zero-order chi connectivity index (χ0) is 25.0. The minimum absolute atomic E-state index is 0.0398. The quantitative estimate of drug-likeness (QED) is 0.259. The van der Waals surface area contributed by atoms with Crippen molar-refractivity contribution >= 4 is 13.6 Å². The molecule has 1 aromatic carbocycles. The number of nitrogens with zero attached hydrogens (tertiary/aromatic N) is 3. The molecule has 0 amide bonds. The van der Waals surface area contributed by atoms with Crippen molar-refractivity contribution in [3.05, 3.63) is 89.4 Å². The zero-order valence-electron chi connectivity index (χ0n) is 18.0. The van der Waals surface area contributed by atoms with E-state index in [1.165, 1.54) is 22.9 Å². The third-order valence-corrected chi connectivity index (χ3v) is 5.23. The van der Waals surface area contributed by atoms with Gasteiger partial charge in [-0.2, -0.15) is 0 Å². The first kappa shape index (κ1) is 24.4. The molecule has 4 aromatic rings. The number of ether oxygens (including phenoxy) is 1. The second-order valence-corrected chi connectivity index (χ2v) is 8.63. The molecular weight excluding hydrogens is 485 g/mol. The molecule has 3 aromatic heterocycles. The summed E-state index contributed by atoms with van der Waals surface area (Å²) in [5.74, 6) is -0.592. The van der Waals surface area contributed by atoms with Gasteiger partial charge in [-0.15, -0.1) is 0 Å². The molecule has 4 rings (SSSR count). The number of pyridine rings is 2. The first-order chi connectivity index (χ1) is 16.7. The SMILES string of the molecule is Nc1c(-c2cc(Cc3ccc(OCc4cc(F)cc(F)c4)nc3)no2)ccc[n+]1COP(=O)([O-])O. The molecule has 1 unspecified atom stereocenters. The first-order valence-corrected chi connectivity index (χ1v) is 11.6. The molecule has 0 fully saturated rings. The maximum atomic E-state index is 13.3. The zero-order valence-corrected chi connectivity index (χ0v) is 18.9. The summed E-state index contributed by atoms with van der Waals surface area (Å²) in [6, 6.07) is 11.5. The van der Waals surface area contributed by atoms with Crippen molar-refractivity contribution in [3.8, 4) is 17.2 Å². The summed E-state index contributed by atoms with van der Waals surface area (Å²) in [6.45, 7) is -0.548. The summed E-state index contributed by atoms with van der Waals surface area (Å²) in [6.07, 6.45) is 3.44. The van der Waals surface area contributed by atoms with Gasteiger partial charge in [-0.1, -0.05) is 11.2 Å². The van der Waals surface area contributed by atoms with Crippen molar-refractivity contribution in [2.75, 3.05) is 5.73 Å². The van der Waals surface area contributed by atoms with E-state index in [2.05, 4.69) is 14.7 Å². The number of rotatable bonds is 9. The summed E-state index contributed by atoms with van der Waals surface area (Å²) in [4.78, 5) is 23.8. The molecule has 13 heteroatoms. The van der Waals surface area contributed by atoms with E-state index in [-0.39, 0.29) is 18.3 Å². The van der Waals surface area contributed by atoms with Crippen LogP contribution >= 0.6 is 7.82 Å². The van der Waals surface area contributed by atoms with Crippen LogP contribution in [0.15, 0.2) is 65.4 Å². The number of nitrogen functional groups attached to an aromatic ring is 1. The van der Waals surface area contributed by atoms with Gasteiger partial charge in [0.1, 0.15) is 23.8 Å². The average Bonchev–Trinajstić information content (AvgIpc) is 3.25. The number of anilines is 1. The number of benzene rings is 1. The van der Waals surface area contributed by atoms with Gasteiger partial charge in [0.15, 0.2) is 12.5 Å². The minimum Gasteiger partial charge on any atom is -0.756 e. The van der Waals surface area contributed by atoms with Gasteiger partial charge >= 0.3 is 0 Å². The normalized spacial score (nSPS) is 12.9. The van der Waals surface area contributed by atoms with Gasteiger partial charge in [-0.05, 0) is 35.4 Å². The van der Waals surface area contributed by atoms with Crippen LogP contribution in [0, 0.1) is 11.6 Å². The Kier molecular flexibility index (Phi) is 7.17. The maximum Gasteiger partial charge on any atom is 0.285 e. The first-order valence-electron chi connectivity index (χ1n) is 10.1. The molecule has 3 N–H and O–H groups in total. The second kappa shape index (κ2) is 10.3. The molecule has 0 aliphatic carbocycles. The standard InChI is InChI=1S/C22H19F2N4O6P/c23-16-6-15(7-17(24)9-16)12-32-21-4-3-14(11-26-21)8-18-10-20(34-27-18)19-2-1-5-28(22(19)25)13-33-35(29,30)31/h1-7,9-11,25H,8,12-13H2,(H2,29,30,31). The van der Waals surface area contributed by atoms with Gasteiger partial charge in [-0.25, -0.2) is 18.3 Å². The largest absolute Gasteiger partial charge is 0.756 e. The van der Waals surface area contributed by atoms with Crippen LogP contribution in [-0.4, -0.2) is 15.0 Å². The van der Waals surface area contributed by atoms with Crippen LogP contribution in [0.5, 0.6) is 5.88 Å². The minimum atomic E-state index is -4.91. The third-order valence-electron chi connectivity index (χ3n) is 4.79. The predicted molar refractivity (Wildman–Crippen MR) is 115 cm³/mol. The number of phosphoric ester groups is 1. The number of hydrogen-bond donors (Lipinski definition) is 2. The van der Waals surface area contributed by atoms with Crippen molar-refractivity contribution in [3.63, 3.8) is 0 Å². The Bertz CT molecular complexity index is 1360. The van der Waals surface area contributed by atoms with Crippen molar-refractivity contribution in [2.45, 2.75) is 19.8 Å². The highest BCUT2D eigenvalue weighted by Gasteiger charge is 2.18. The van der Waals surface area contributed by atoms with Gasteiger partial charge < -0.3 is 19.0 Å². The van der Waals surface area contributed by atoms with Crippen LogP contribution in [0.4, 0.5) is 14.6 Å². The molecule has 182 valence electrons. The Morgan fingerprint density at radius 1 is 1.14 bits per heavy atom. The fourth-order valence-electron chi connectivity index (χ4n) is 3.20. The fourth-order valence-corrected chi connectivity index (χ4v) is 3.47. The van der Waals surface area contributed by atoms with Crippen molar-refractivity contribution in [1.82, 2.24) is 10.1 Å². The van der Waals surface area contributed by atoms with Crippen molar-refractivity contribution in [2.24, 2.45) is 0 Å². The third kappa shape index (κ3) is 6.67. The Morgan fingerprint density at radius 3 is 2.60 bits per heavy atom. The topological polar surface area (TPSA) is 148 Å². The van der Waals surface area contributed by atoms with Gasteiger partial charge in [0, 0.05) is 30.8 Å². The summed E-state index contributed by atoms with van der Waals surface area (Å²) in [5, 5.41) is 4.02. The van der Waals surface area contributed by atoms with Crippen molar-refractivity contribution < 1.29 is 41.5 Å². The molecule has 3 heterocycles. The lowest BCUT2D eigenvalue weighted by Gasteiger charge is -2.14. The Morgan fingerprint density at radius 2 is 1.91 bits per heavy atom. The Hall–Kier alpha value is -3.70. The molecule has 10 nitrogen and oxygen atoms in total. The molecule has 0 saturated carbocycles. The second-order valence-electron chi connectivity index (χ2n) is 7.43. The number of phosphoric acid groups is 1. The molecule has 0 radical (unpaired) electrons. The summed E-state index contributed by atoms with van der Waals surface area (Å²) >= 11 is 0. The highest BCUT2D eigenvalue weighted by molar-refractivity contribution is 7.44. The van der Waals surface area contributed by atoms with Crippen LogP contribution in [0.2, 0.25) is 0 Å². The van der Waals surface area contributed by atoms with E-state index < -0.39 is 26.2 Å². The van der Waals surface area contributed by atoms with E-state index in [0.717, 1.165) is 11.6 Å². The Balaban J connectivity index is 1.40. The van der Waals surface area contributed by atoms with Crippen LogP contribution < -0.4 is 19.9 Å². The summed E-state index contributed by atoms with van der Waals surface area (Å²) in [5.41, 5.74) is 8.24. The Labute approximate surface area is 197 Å². The van der Waals surface area contributed by atoms with Gasteiger partial charge in [-0.3, -0.25) is 14.8 Å². The van der Waals surface area contributed by atoms with E-state index in [0.29, 0.717) is 29.0 Å². The van der Waals surface area contributed by atoms with Gasteiger partial charge in [0.25, 0.3) is 13.6 Å². The lowest BCUT2D eigenvalue weighted by molar-refractivity contribution is -0.712. The molecule has 0 aliphatic heterocycles. The molecule has 35 heavy (non-hydrogen) atoms. The van der Waals surface area contributed by atoms with E-state index in [9.17, 15) is 18.2 Å². The molecule has 0 spiro atoms. The summed E-state index contributed by atoms with van der Waals surface area (Å²) in [7, 11) is -4.91. The van der Waals surface area contributed by atoms with E-state index in [1.807, 2.05) is 0 Å². The van der Waals surface area contributed by atoms with Crippen LogP contribution in [0.25, 0.3) is 11.3 Å². The number of aromatic nitrogens is 3. The van der Waals surface area contributed by atoms with Crippen LogP contribution in [0.1, 0.15) is 16.8 Å². The van der Waals surface area contributed by atoms with Crippen LogP contribution in [-0.2, 0) is 28.8 Å². The highest BCUT2D eigenvalue weighted by atomic mass is 31.2. The van der Waals surface area contributed by atoms with E-state index >= 15 is 0 Å². The number of halogens is 2. The smallest absolute Gasteiger partial charge is 0.285 e. The fraction of sp³-hybridized carbons (Fsp3) is 0.136.